The molecule has 1 amide bonds. The molecule has 21 heavy (non-hydrogen) atoms. The second-order valence-electron chi connectivity index (χ2n) is 5.88. The summed E-state index contributed by atoms with van der Waals surface area (Å²) in [4.78, 5) is 13.9. The molecule has 1 saturated carbocycles. The van der Waals surface area contributed by atoms with Crippen molar-refractivity contribution >= 4 is 23.4 Å². The predicted octanol–water partition coefficient (Wildman–Crippen LogP) is 3.09. The fourth-order valence-corrected chi connectivity index (χ4v) is 3.76. The number of carbonyl (C=O) groups is 1. The molecule has 3 nitrogen and oxygen atoms in total. The van der Waals surface area contributed by atoms with E-state index in [1.165, 1.54) is 36.9 Å². The highest BCUT2D eigenvalue weighted by atomic mass is 32.2. The van der Waals surface area contributed by atoms with Crippen molar-refractivity contribution in [3.63, 3.8) is 0 Å². The molecule has 0 unspecified atom stereocenters. The van der Waals surface area contributed by atoms with E-state index in [1.54, 1.807) is 0 Å². The van der Waals surface area contributed by atoms with E-state index in [-0.39, 0.29) is 5.91 Å². The molecule has 0 aromatic heterocycles. The summed E-state index contributed by atoms with van der Waals surface area (Å²) >= 11 is 1.83. The van der Waals surface area contributed by atoms with Gasteiger partial charge in [-0.3, -0.25) is 4.79 Å². The zero-order valence-electron chi connectivity index (χ0n) is 13.1. The predicted molar refractivity (Wildman–Crippen MR) is 92.2 cm³/mol. The number of rotatable bonds is 7. The number of amides is 1. The molecule has 0 aliphatic heterocycles. The molecule has 1 aromatic carbocycles. The van der Waals surface area contributed by atoms with Crippen molar-refractivity contribution in [1.29, 1.82) is 0 Å². The van der Waals surface area contributed by atoms with Crippen LogP contribution in [0.15, 0.2) is 24.3 Å². The third-order valence-electron chi connectivity index (χ3n) is 3.94. The van der Waals surface area contributed by atoms with Crippen LogP contribution in [0.1, 0.15) is 31.2 Å². The Bertz CT molecular complexity index is 439. The molecule has 116 valence electrons. The number of hydrogen-bond acceptors (Lipinski definition) is 3. The Morgan fingerprint density at radius 3 is 2.52 bits per heavy atom. The lowest BCUT2D eigenvalue weighted by Gasteiger charge is -2.13. The molecule has 1 aliphatic carbocycles. The number of anilines is 1. The Hall–Kier alpha value is -1.16. The van der Waals surface area contributed by atoms with Crippen molar-refractivity contribution in [2.24, 2.45) is 0 Å². The number of thioether (sulfide) groups is 1. The van der Waals surface area contributed by atoms with Crippen LogP contribution in [0.4, 0.5) is 5.69 Å². The maximum absolute atomic E-state index is 11.8. The van der Waals surface area contributed by atoms with Gasteiger partial charge in [0.15, 0.2) is 0 Å². The minimum Gasteiger partial charge on any atom is -0.378 e. The maximum Gasteiger partial charge on any atom is 0.230 e. The van der Waals surface area contributed by atoms with E-state index in [2.05, 4.69) is 34.5 Å². The number of hydrogen-bond donors (Lipinski definition) is 1. The first-order valence-corrected chi connectivity index (χ1v) is 8.84. The molecule has 0 saturated heterocycles. The Kier molecular flexibility index (Phi) is 6.43. The lowest BCUT2D eigenvalue weighted by molar-refractivity contribution is -0.118. The summed E-state index contributed by atoms with van der Waals surface area (Å²) < 4.78 is 0. The quantitative estimate of drug-likeness (QED) is 0.840. The SMILES string of the molecule is CN(C)c1ccc(CCNC(=O)CSC2CCCC2)cc1. The van der Waals surface area contributed by atoms with Crippen molar-refractivity contribution in [2.75, 3.05) is 31.3 Å². The lowest BCUT2D eigenvalue weighted by Crippen LogP contribution is -2.27. The smallest absolute Gasteiger partial charge is 0.230 e. The molecule has 0 atom stereocenters. The molecular weight excluding hydrogens is 280 g/mol. The van der Waals surface area contributed by atoms with Gasteiger partial charge >= 0.3 is 0 Å². The van der Waals surface area contributed by atoms with Gasteiger partial charge in [0.05, 0.1) is 5.75 Å². The second-order valence-corrected chi connectivity index (χ2v) is 7.17. The van der Waals surface area contributed by atoms with E-state index in [9.17, 15) is 4.79 Å². The molecule has 0 radical (unpaired) electrons. The van der Waals surface area contributed by atoms with Crippen LogP contribution in [0.2, 0.25) is 0 Å². The molecule has 1 aromatic rings. The minimum atomic E-state index is 0.178. The number of benzene rings is 1. The topological polar surface area (TPSA) is 32.3 Å². The van der Waals surface area contributed by atoms with E-state index in [0.717, 1.165) is 13.0 Å². The Balaban J connectivity index is 1.62. The lowest BCUT2D eigenvalue weighted by atomic mass is 10.1. The van der Waals surface area contributed by atoms with Gasteiger partial charge in [-0.25, -0.2) is 0 Å². The summed E-state index contributed by atoms with van der Waals surface area (Å²) in [6, 6.07) is 8.50. The van der Waals surface area contributed by atoms with Gasteiger partial charge in [-0.15, -0.1) is 11.8 Å². The van der Waals surface area contributed by atoms with Crippen LogP contribution in [-0.2, 0) is 11.2 Å². The first-order valence-electron chi connectivity index (χ1n) is 7.80. The van der Waals surface area contributed by atoms with E-state index in [4.69, 9.17) is 0 Å². The summed E-state index contributed by atoms with van der Waals surface area (Å²) in [6.45, 7) is 0.728. The molecule has 0 bridgehead atoms. The highest BCUT2D eigenvalue weighted by Crippen LogP contribution is 2.28. The summed E-state index contributed by atoms with van der Waals surface area (Å²) in [5.74, 6) is 0.793. The molecule has 1 N–H and O–H groups in total. The van der Waals surface area contributed by atoms with Crippen molar-refractivity contribution in [2.45, 2.75) is 37.4 Å². The number of nitrogens with zero attached hydrogens (tertiary/aromatic N) is 1. The van der Waals surface area contributed by atoms with Gasteiger partial charge in [0.1, 0.15) is 0 Å². The molecule has 4 heteroatoms. The fourth-order valence-electron chi connectivity index (χ4n) is 2.61. The Labute approximate surface area is 132 Å². The van der Waals surface area contributed by atoms with Crippen LogP contribution in [0, 0.1) is 0 Å². The van der Waals surface area contributed by atoms with Crippen LogP contribution in [0.5, 0.6) is 0 Å². The first-order chi connectivity index (χ1) is 10.1. The monoisotopic (exact) mass is 306 g/mol. The summed E-state index contributed by atoms with van der Waals surface area (Å²) in [6.07, 6.45) is 6.14. The Morgan fingerprint density at radius 2 is 1.90 bits per heavy atom. The molecule has 1 aliphatic rings. The minimum absolute atomic E-state index is 0.178. The Morgan fingerprint density at radius 1 is 1.24 bits per heavy atom. The zero-order chi connectivity index (χ0) is 15.1. The van der Waals surface area contributed by atoms with Gasteiger partial charge in [-0.05, 0) is 37.0 Å². The molecule has 1 fully saturated rings. The van der Waals surface area contributed by atoms with E-state index in [1.807, 2.05) is 25.9 Å². The van der Waals surface area contributed by atoms with Gasteiger partial charge in [0.2, 0.25) is 5.91 Å². The normalized spacial score (nSPS) is 15.1. The number of carbonyl (C=O) groups excluding carboxylic acids is 1. The van der Waals surface area contributed by atoms with Crippen molar-refractivity contribution < 1.29 is 4.79 Å². The molecular formula is C17H26N2OS. The average molecular weight is 306 g/mol. The average Bonchev–Trinajstić information content (AvgIpc) is 2.99. The zero-order valence-corrected chi connectivity index (χ0v) is 13.9. The molecule has 0 spiro atoms. The summed E-state index contributed by atoms with van der Waals surface area (Å²) in [5.41, 5.74) is 2.47. The summed E-state index contributed by atoms with van der Waals surface area (Å²) in [5, 5.41) is 3.74. The van der Waals surface area contributed by atoms with Crippen molar-refractivity contribution in [1.82, 2.24) is 5.32 Å². The van der Waals surface area contributed by atoms with Crippen LogP contribution in [0.25, 0.3) is 0 Å². The van der Waals surface area contributed by atoms with Gasteiger partial charge in [0.25, 0.3) is 0 Å². The van der Waals surface area contributed by atoms with Crippen LogP contribution < -0.4 is 10.2 Å². The number of nitrogens with one attached hydrogen (secondary N) is 1. The molecule has 2 rings (SSSR count). The van der Waals surface area contributed by atoms with Crippen LogP contribution in [-0.4, -0.2) is 37.6 Å². The third-order valence-corrected chi connectivity index (χ3v) is 5.31. The van der Waals surface area contributed by atoms with Crippen LogP contribution in [0.3, 0.4) is 0 Å². The van der Waals surface area contributed by atoms with Gasteiger partial charge in [0, 0.05) is 31.6 Å². The van der Waals surface area contributed by atoms with E-state index < -0.39 is 0 Å². The second kappa shape index (κ2) is 8.32. The fraction of sp³-hybridized carbons (Fsp3) is 0.588. The molecule has 0 heterocycles. The third kappa shape index (κ3) is 5.62. The van der Waals surface area contributed by atoms with Crippen molar-refractivity contribution in [3.8, 4) is 0 Å². The van der Waals surface area contributed by atoms with Crippen LogP contribution >= 0.6 is 11.8 Å². The van der Waals surface area contributed by atoms with Gasteiger partial charge in [-0.2, -0.15) is 0 Å². The largest absolute Gasteiger partial charge is 0.378 e. The highest BCUT2D eigenvalue weighted by Gasteiger charge is 2.16. The van der Waals surface area contributed by atoms with E-state index in [0.29, 0.717) is 11.0 Å². The van der Waals surface area contributed by atoms with Gasteiger partial charge < -0.3 is 10.2 Å². The highest BCUT2D eigenvalue weighted by molar-refractivity contribution is 8.00. The maximum atomic E-state index is 11.8. The summed E-state index contributed by atoms with van der Waals surface area (Å²) in [7, 11) is 4.08. The van der Waals surface area contributed by atoms with Gasteiger partial charge in [-0.1, -0.05) is 25.0 Å². The standard InChI is InChI=1S/C17H26N2OS/c1-19(2)15-9-7-14(8-10-15)11-12-18-17(20)13-21-16-5-3-4-6-16/h7-10,16H,3-6,11-13H2,1-2H3,(H,18,20). The van der Waals surface area contributed by atoms with E-state index >= 15 is 0 Å². The first kappa shape index (κ1) is 16.2. The van der Waals surface area contributed by atoms with Crippen molar-refractivity contribution in [3.05, 3.63) is 29.8 Å².